The summed E-state index contributed by atoms with van der Waals surface area (Å²) in [6.45, 7) is 3.32. The maximum atomic E-state index is 11.9. The minimum absolute atomic E-state index is 0.0594. The molecule has 1 rings (SSSR count). The predicted molar refractivity (Wildman–Crippen MR) is 66.9 cm³/mol. The van der Waals surface area contributed by atoms with E-state index in [1.54, 1.807) is 4.68 Å². The predicted octanol–water partition coefficient (Wildman–Crippen LogP) is 2.56. The van der Waals surface area contributed by atoms with Crippen LogP contribution in [-0.4, -0.2) is 29.2 Å². The average molecular weight is 279 g/mol. The third kappa shape index (κ3) is 4.74. The Kier molecular flexibility index (Phi) is 5.65. The first-order valence-electron chi connectivity index (χ1n) is 6.37. The number of ether oxygens (including phenoxy) is 1. The summed E-state index contributed by atoms with van der Waals surface area (Å²) >= 11 is 0. The van der Waals surface area contributed by atoms with Crippen LogP contribution in [0.5, 0.6) is 0 Å². The third-order valence-electron chi connectivity index (χ3n) is 2.77. The van der Waals surface area contributed by atoms with E-state index >= 15 is 0 Å². The number of nitrogens with zero attached hydrogens (tertiary/aromatic N) is 2. The Morgan fingerprint density at radius 1 is 1.26 bits per heavy atom. The molecule has 0 amide bonds. The molecule has 0 spiro atoms. The number of nitrogen functional groups attached to an aromatic ring is 1. The van der Waals surface area contributed by atoms with Crippen molar-refractivity contribution < 1.29 is 17.9 Å². The lowest BCUT2D eigenvalue weighted by Gasteiger charge is -2.09. The number of aryl methyl sites for hydroxylation is 2. The number of hydrogen-bond acceptors (Lipinski definition) is 3. The van der Waals surface area contributed by atoms with Gasteiger partial charge in [-0.25, -0.2) is 0 Å². The van der Waals surface area contributed by atoms with Crippen LogP contribution in [0.15, 0.2) is 0 Å². The number of halogens is 3. The molecule has 0 saturated carbocycles. The van der Waals surface area contributed by atoms with Crippen molar-refractivity contribution in [1.29, 1.82) is 0 Å². The van der Waals surface area contributed by atoms with Gasteiger partial charge in [-0.3, -0.25) is 4.68 Å². The van der Waals surface area contributed by atoms with Crippen LogP contribution in [-0.2, 0) is 24.1 Å². The Balaban J connectivity index is 2.45. The number of aromatic nitrogens is 2. The van der Waals surface area contributed by atoms with Gasteiger partial charge in [0.25, 0.3) is 0 Å². The fraction of sp³-hybridized carbons (Fsp3) is 0.750. The van der Waals surface area contributed by atoms with Crippen molar-refractivity contribution in [2.75, 3.05) is 18.9 Å². The average Bonchev–Trinajstić information content (AvgIpc) is 2.63. The van der Waals surface area contributed by atoms with Crippen molar-refractivity contribution in [2.45, 2.75) is 45.8 Å². The molecule has 0 aliphatic carbocycles. The highest BCUT2D eigenvalue weighted by Gasteiger charge is 2.27. The van der Waals surface area contributed by atoms with Crippen molar-refractivity contribution in [3.05, 3.63) is 11.4 Å². The molecule has 0 aliphatic heterocycles. The topological polar surface area (TPSA) is 53.1 Å². The summed E-state index contributed by atoms with van der Waals surface area (Å²) in [5, 5.41) is 4.36. The van der Waals surface area contributed by atoms with E-state index in [4.69, 9.17) is 5.73 Å². The van der Waals surface area contributed by atoms with Crippen molar-refractivity contribution in [2.24, 2.45) is 0 Å². The minimum Gasteiger partial charge on any atom is -0.396 e. The summed E-state index contributed by atoms with van der Waals surface area (Å²) in [5.74, 6) is 0. The molecule has 1 aromatic heterocycles. The van der Waals surface area contributed by atoms with Crippen LogP contribution in [0.3, 0.4) is 0 Å². The van der Waals surface area contributed by atoms with Crippen molar-refractivity contribution in [3.8, 4) is 0 Å². The molecule has 0 aliphatic rings. The lowest BCUT2D eigenvalue weighted by Crippen LogP contribution is -2.18. The zero-order valence-corrected chi connectivity index (χ0v) is 11.3. The van der Waals surface area contributed by atoms with Gasteiger partial charge in [-0.1, -0.05) is 13.8 Å². The Morgan fingerprint density at radius 3 is 2.47 bits per heavy atom. The van der Waals surface area contributed by atoms with Crippen LogP contribution in [0, 0.1) is 0 Å². The molecule has 19 heavy (non-hydrogen) atoms. The Morgan fingerprint density at radius 2 is 1.95 bits per heavy atom. The minimum atomic E-state index is -4.26. The number of anilines is 1. The molecule has 0 unspecified atom stereocenters. The smallest absolute Gasteiger partial charge is 0.396 e. The van der Waals surface area contributed by atoms with E-state index in [0.717, 1.165) is 24.2 Å². The van der Waals surface area contributed by atoms with E-state index in [2.05, 4.69) is 9.84 Å². The maximum Gasteiger partial charge on any atom is 0.411 e. The van der Waals surface area contributed by atoms with E-state index in [9.17, 15) is 13.2 Å². The Hall–Kier alpha value is -1.24. The summed E-state index contributed by atoms with van der Waals surface area (Å²) in [7, 11) is 0. The number of alkyl halides is 3. The first-order valence-corrected chi connectivity index (χ1v) is 6.37. The van der Waals surface area contributed by atoms with E-state index in [0.29, 0.717) is 18.7 Å². The maximum absolute atomic E-state index is 11.9. The monoisotopic (exact) mass is 279 g/mol. The Labute approximate surface area is 110 Å². The molecule has 2 N–H and O–H groups in total. The van der Waals surface area contributed by atoms with Gasteiger partial charge in [0.05, 0.1) is 17.1 Å². The zero-order chi connectivity index (χ0) is 14.5. The quantitative estimate of drug-likeness (QED) is 0.780. The molecule has 0 fully saturated rings. The van der Waals surface area contributed by atoms with E-state index in [1.807, 2.05) is 13.8 Å². The van der Waals surface area contributed by atoms with E-state index in [-0.39, 0.29) is 6.61 Å². The largest absolute Gasteiger partial charge is 0.411 e. The first-order chi connectivity index (χ1) is 8.89. The molecule has 0 bridgehead atoms. The second-order valence-electron chi connectivity index (χ2n) is 4.26. The fourth-order valence-electron chi connectivity index (χ4n) is 1.89. The highest BCUT2D eigenvalue weighted by atomic mass is 19.4. The van der Waals surface area contributed by atoms with Gasteiger partial charge in [0.1, 0.15) is 6.61 Å². The van der Waals surface area contributed by atoms with Crippen molar-refractivity contribution in [1.82, 2.24) is 9.78 Å². The van der Waals surface area contributed by atoms with Crippen LogP contribution in [0.1, 0.15) is 31.7 Å². The normalized spacial score (nSPS) is 12.1. The second-order valence-corrected chi connectivity index (χ2v) is 4.26. The summed E-state index contributed by atoms with van der Waals surface area (Å²) in [6.07, 6.45) is -2.29. The molecular formula is C12H20F3N3O. The fourth-order valence-corrected chi connectivity index (χ4v) is 1.89. The molecule has 1 heterocycles. The summed E-state index contributed by atoms with van der Waals surface area (Å²) in [5.41, 5.74) is 8.42. The zero-order valence-electron chi connectivity index (χ0n) is 11.3. The van der Waals surface area contributed by atoms with Crippen LogP contribution in [0.25, 0.3) is 0 Å². The van der Waals surface area contributed by atoms with E-state index in [1.165, 1.54) is 0 Å². The molecule has 7 heteroatoms. The summed E-state index contributed by atoms with van der Waals surface area (Å²) in [4.78, 5) is 0. The highest BCUT2D eigenvalue weighted by molar-refractivity contribution is 5.48. The van der Waals surface area contributed by atoms with Gasteiger partial charge < -0.3 is 10.5 Å². The second kappa shape index (κ2) is 6.79. The number of nitrogens with two attached hydrogens (primary N) is 1. The van der Waals surface area contributed by atoms with Crippen LogP contribution in [0.4, 0.5) is 18.9 Å². The molecule has 0 saturated heterocycles. The van der Waals surface area contributed by atoms with Gasteiger partial charge in [0.2, 0.25) is 0 Å². The summed E-state index contributed by atoms with van der Waals surface area (Å²) in [6, 6.07) is 0. The van der Waals surface area contributed by atoms with Gasteiger partial charge in [0, 0.05) is 13.2 Å². The standard InChI is InChI=1S/C12H20F3N3O/c1-3-9-11(16)10(4-2)18(17-9)6-5-7-19-8-12(13,14)15/h3-8,16H2,1-2H3. The van der Waals surface area contributed by atoms with Crippen molar-refractivity contribution >= 4 is 5.69 Å². The van der Waals surface area contributed by atoms with Crippen molar-refractivity contribution in [3.63, 3.8) is 0 Å². The van der Waals surface area contributed by atoms with Crippen LogP contribution in [0.2, 0.25) is 0 Å². The molecule has 0 atom stereocenters. The van der Waals surface area contributed by atoms with Gasteiger partial charge >= 0.3 is 6.18 Å². The summed E-state index contributed by atoms with van der Waals surface area (Å²) < 4.78 is 41.9. The van der Waals surface area contributed by atoms with Crippen LogP contribution >= 0.6 is 0 Å². The molecule has 110 valence electrons. The lowest BCUT2D eigenvalue weighted by molar-refractivity contribution is -0.174. The lowest BCUT2D eigenvalue weighted by atomic mass is 10.2. The molecule has 4 nitrogen and oxygen atoms in total. The van der Waals surface area contributed by atoms with E-state index < -0.39 is 12.8 Å². The molecule has 0 radical (unpaired) electrons. The SMILES string of the molecule is CCc1nn(CCCOCC(F)(F)F)c(CC)c1N. The van der Waals surface area contributed by atoms with Gasteiger partial charge in [-0.05, 0) is 19.3 Å². The van der Waals surface area contributed by atoms with Gasteiger partial charge in [-0.2, -0.15) is 18.3 Å². The molecular weight excluding hydrogens is 259 g/mol. The van der Waals surface area contributed by atoms with Gasteiger partial charge in [-0.15, -0.1) is 0 Å². The Bertz CT molecular complexity index is 402. The van der Waals surface area contributed by atoms with Gasteiger partial charge in [0.15, 0.2) is 0 Å². The molecule has 1 aromatic rings. The first kappa shape index (κ1) is 15.8. The van der Waals surface area contributed by atoms with Crippen LogP contribution < -0.4 is 5.73 Å². The number of rotatable bonds is 7. The third-order valence-corrected chi connectivity index (χ3v) is 2.77. The molecule has 0 aromatic carbocycles. The highest BCUT2D eigenvalue weighted by Crippen LogP contribution is 2.19. The number of hydrogen-bond donors (Lipinski definition) is 1.